The molecule has 2 heteroatoms. The van der Waals surface area contributed by atoms with Gasteiger partial charge in [-0.25, -0.2) is 0 Å². The molecule has 69 valence electrons. The number of hydrogen-bond donors (Lipinski definition) is 0. The van der Waals surface area contributed by atoms with E-state index in [0.29, 0.717) is 13.2 Å². The molecule has 0 amide bonds. The van der Waals surface area contributed by atoms with Crippen LogP contribution in [0.4, 0.5) is 0 Å². The SMILES string of the molecule is [C]#CC(CCC)OCCOCC. The molecule has 1 atom stereocenters. The van der Waals surface area contributed by atoms with Crippen LogP contribution in [0, 0.1) is 12.3 Å². The Bertz CT molecular complexity index is 126. The van der Waals surface area contributed by atoms with Crippen molar-refractivity contribution >= 4 is 0 Å². The van der Waals surface area contributed by atoms with Crippen LogP contribution in [-0.2, 0) is 9.47 Å². The number of hydrogen-bond acceptors (Lipinski definition) is 2. The van der Waals surface area contributed by atoms with Crippen LogP contribution in [0.5, 0.6) is 0 Å². The first-order valence-corrected chi connectivity index (χ1v) is 4.46. The topological polar surface area (TPSA) is 18.5 Å². The summed E-state index contributed by atoms with van der Waals surface area (Å²) in [6.07, 6.45) is 8.67. The van der Waals surface area contributed by atoms with E-state index in [2.05, 4.69) is 12.8 Å². The highest BCUT2D eigenvalue weighted by Gasteiger charge is 2.02. The summed E-state index contributed by atoms with van der Waals surface area (Å²) in [6, 6.07) is 0. The summed E-state index contributed by atoms with van der Waals surface area (Å²) < 4.78 is 10.4. The molecule has 0 bridgehead atoms. The second-order valence-electron chi connectivity index (χ2n) is 2.49. The van der Waals surface area contributed by atoms with Crippen molar-refractivity contribution in [3.8, 4) is 5.92 Å². The molecule has 0 aliphatic carbocycles. The van der Waals surface area contributed by atoms with Crippen molar-refractivity contribution in [1.29, 1.82) is 0 Å². The van der Waals surface area contributed by atoms with Crippen molar-refractivity contribution in [3.05, 3.63) is 6.42 Å². The van der Waals surface area contributed by atoms with Gasteiger partial charge in [-0.3, -0.25) is 0 Å². The third-order valence-corrected chi connectivity index (χ3v) is 1.46. The largest absolute Gasteiger partial charge is 0.379 e. The molecule has 0 aromatic rings. The number of ether oxygens (including phenoxy) is 2. The second-order valence-corrected chi connectivity index (χ2v) is 2.49. The van der Waals surface area contributed by atoms with Crippen LogP contribution in [-0.4, -0.2) is 25.9 Å². The minimum atomic E-state index is -0.143. The molecule has 0 aromatic heterocycles. The van der Waals surface area contributed by atoms with Crippen molar-refractivity contribution in [1.82, 2.24) is 0 Å². The average Bonchev–Trinajstić information content (AvgIpc) is 2.10. The molecule has 12 heavy (non-hydrogen) atoms. The first kappa shape index (κ1) is 11.5. The Kier molecular flexibility index (Phi) is 8.20. The van der Waals surface area contributed by atoms with E-state index in [-0.39, 0.29) is 6.10 Å². The fraction of sp³-hybridized carbons (Fsp3) is 0.800. The van der Waals surface area contributed by atoms with Crippen LogP contribution in [0.2, 0.25) is 0 Å². The van der Waals surface area contributed by atoms with Gasteiger partial charge in [0.1, 0.15) is 6.10 Å². The summed E-state index contributed by atoms with van der Waals surface area (Å²) in [5.74, 6) is 2.35. The van der Waals surface area contributed by atoms with E-state index in [1.807, 2.05) is 6.92 Å². The van der Waals surface area contributed by atoms with Crippen LogP contribution in [0.25, 0.3) is 0 Å². The fourth-order valence-corrected chi connectivity index (χ4v) is 0.853. The predicted octanol–water partition coefficient (Wildman–Crippen LogP) is 1.80. The summed E-state index contributed by atoms with van der Waals surface area (Å²) in [5.41, 5.74) is 0. The lowest BCUT2D eigenvalue weighted by Gasteiger charge is -2.10. The van der Waals surface area contributed by atoms with Gasteiger partial charge in [0, 0.05) is 6.61 Å². The third kappa shape index (κ3) is 6.21. The zero-order chi connectivity index (χ0) is 9.23. The Morgan fingerprint density at radius 2 is 2.08 bits per heavy atom. The van der Waals surface area contributed by atoms with E-state index in [9.17, 15) is 0 Å². The molecule has 1 unspecified atom stereocenters. The van der Waals surface area contributed by atoms with Crippen molar-refractivity contribution in [2.24, 2.45) is 0 Å². The molecule has 0 saturated carbocycles. The maximum atomic E-state index is 6.93. The summed E-state index contributed by atoms with van der Waals surface area (Å²) in [5, 5.41) is 0. The van der Waals surface area contributed by atoms with Crippen molar-refractivity contribution < 1.29 is 9.47 Å². The van der Waals surface area contributed by atoms with Gasteiger partial charge in [-0.2, -0.15) is 0 Å². The van der Waals surface area contributed by atoms with Gasteiger partial charge in [0.25, 0.3) is 0 Å². The Morgan fingerprint density at radius 3 is 2.58 bits per heavy atom. The van der Waals surface area contributed by atoms with Crippen LogP contribution in [0.15, 0.2) is 0 Å². The lowest BCUT2D eigenvalue weighted by Crippen LogP contribution is -2.14. The molecule has 1 radical (unpaired) electrons. The Balaban J connectivity index is 3.27. The van der Waals surface area contributed by atoms with E-state index >= 15 is 0 Å². The summed E-state index contributed by atoms with van der Waals surface area (Å²) in [4.78, 5) is 0. The first-order chi connectivity index (χ1) is 5.85. The van der Waals surface area contributed by atoms with Crippen molar-refractivity contribution in [3.63, 3.8) is 0 Å². The van der Waals surface area contributed by atoms with Gasteiger partial charge < -0.3 is 9.47 Å². The molecule has 0 aliphatic heterocycles. The van der Waals surface area contributed by atoms with E-state index in [4.69, 9.17) is 15.9 Å². The summed E-state index contributed by atoms with van der Waals surface area (Å²) >= 11 is 0. The molecule has 0 aromatic carbocycles. The lowest BCUT2D eigenvalue weighted by atomic mass is 10.2. The lowest BCUT2D eigenvalue weighted by molar-refractivity contribution is 0.0273. The van der Waals surface area contributed by atoms with Crippen LogP contribution < -0.4 is 0 Å². The van der Waals surface area contributed by atoms with Gasteiger partial charge in [0.05, 0.1) is 13.2 Å². The maximum absolute atomic E-state index is 6.93. The van der Waals surface area contributed by atoms with E-state index in [0.717, 1.165) is 19.4 Å². The highest BCUT2D eigenvalue weighted by molar-refractivity contribution is 4.87. The smallest absolute Gasteiger partial charge is 0.119 e. The summed E-state index contributed by atoms with van der Waals surface area (Å²) in [6.45, 7) is 5.90. The molecule has 0 aliphatic rings. The molecular formula is C10H17O2. The maximum Gasteiger partial charge on any atom is 0.119 e. The van der Waals surface area contributed by atoms with Gasteiger partial charge in [-0.15, -0.1) is 0 Å². The Hall–Kier alpha value is -0.520. The van der Waals surface area contributed by atoms with Crippen LogP contribution in [0.3, 0.4) is 0 Å². The molecule has 0 heterocycles. The quantitative estimate of drug-likeness (QED) is 0.427. The minimum Gasteiger partial charge on any atom is -0.379 e. The van der Waals surface area contributed by atoms with Crippen LogP contribution in [0.1, 0.15) is 26.7 Å². The van der Waals surface area contributed by atoms with Crippen molar-refractivity contribution in [2.75, 3.05) is 19.8 Å². The third-order valence-electron chi connectivity index (χ3n) is 1.46. The standard InChI is InChI=1S/C10H17O2/c1-4-7-10(5-2)12-9-8-11-6-3/h10H,4,6-9H2,1,3H3. The minimum absolute atomic E-state index is 0.143. The highest BCUT2D eigenvalue weighted by atomic mass is 16.5. The van der Waals surface area contributed by atoms with Gasteiger partial charge in [-0.1, -0.05) is 19.3 Å². The average molecular weight is 169 g/mol. The Morgan fingerprint density at radius 1 is 1.33 bits per heavy atom. The normalized spacial score (nSPS) is 12.4. The van der Waals surface area contributed by atoms with Gasteiger partial charge in [-0.05, 0) is 19.8 Å². The second kappa shape index (κ2) is 8.58. The zero-order valence-corrected chi connectivity index (χ0v) is 7.93. The molecule has 2 nitrogen and oxygen atoms in total. The zero-order valence-electron chi connectivity index (χ0n) is 7.93. The van der Waals surface area contributed by atoms with E-state index in [1.165, 1.54) is 0 Å². The monoisotopic (exact) mass is 169 g/mol. The van der Waals surface area contributed by atoms with E-state index < -0.39 is 0 Å². The van der Waals surface area contributed by atoms with Crippen molar-refractivity contribution in [2.45, 2.75) is 32.8 Å². The molecule has 0 spiro atoms. The van der Waals surface area contributed by atoms with Gasteiger partial charge in [0.15, 0.2) is 0 Å². The molecule has 0 rings (SSSR count). The molecule has 0 fully saturated rings. The predicted molar refractivity (Wildman–Crippen MR) is 48.3 cm³/mol. The fourth-order valence-electron chi connectivity index (χ4n) is 0.853. The summed E-state index contributed by atoms with van der Waals surface area (Å²) in [7, 11) is 0. The molecule has 0 N–H and O–H groups in total. The van der Waals surface area contributed by atoms with E-state index in [1.54, 1.807) is 0 Å². The van der Waals surface area contributed by atoms with Crippen LogP contribution >= 0.6 is 0 Å². The first-order valence-electron chi connectivity index (χ1n) is 4.46. The Labute approximate surface area is 75.3 Å². The highest BCUT2D eigenvalue weighted by Crippen LogP contribution is 1.99. The van der Waals surface area contributed by atoms with Gasteiger partial charge in [0.2, 0.25) is 0 Å². The molecule has 0 saturated heterocycles. The molecular weight excluding hydrogens is 152 g/mol. The number of rotatable bonds is 7. The van der Waals surface area contributed by atoms with Gasteiger partial charge >= 0.3 is 0 Å².